The first-order valence-corrected chi connectivity index (χ1v) is 8.91. The molecule has 0 saturated carbocycles. The predicted octanol–water partition coefficient (Wildman–Crippen LogP) is 2.33. The van der Waals surface area contributed by atoms with Crippen LogP contribution in [-0.2, 0) is 17.8 Å². The van der Waals surface area contributed by atoms with Crippen molar-refractivity contribution in [1.82, 2.24) is 25.0 Å². The van der Waals surface area contributed by atoms with Gasteiger partial charge in [-0.1, -0.05) is 25.5 Å². The lowest BCUT2D eigenvalue weighted by Gasteiger charge is -2.21. The highest BCUT2D eigenvalue weighted by atomic mass is 16.1. The van der Waals surface area contributed by atoms with Crippen LogP contribution in [0.5, 0.6) is 0 Å². The summed E-state index contributed by atoms with van der Waals surface area (Å²) in [7, 11) is 0. The molecule has 1 atom stereocenters. The van der Waals surface area contributed by atoms with E-state index in [1.807, 2.05) is 0 Å². The van der Waals surface area contributed by atoms with Crippen molar-refractivity contribution in [2.45, 2.75) is 60.0 Å². The summed E-state index contributed by atoms with van der Waals surface area (Å²) in [6.07, 6.45) is 4.05. The van der Waals surface area contributed by atoms with Gasteiger partial charge in [-0.05, 0) is 26.2 Å². The molecule has 6 nitrogen and oxygen atoms in total. The molecule has 0 radical (unpaired) electrons. The van der Waals surface area contributed by atoms with Gasteiger partial charge >= 0.3 is 0 Å². The number of nitrogens with one attached hydrogen (secondary N) is 1. The Morgan fingerprint density at radius 1 is 1.21 bits per heavy atom. The molecule has 0 spiro atoms. The van der Waals surface area contributed by atoms with Gasteiger partial charge in [-0.25, -0.2) is 0 Å². The number of carbonyl (C=O) groups is 1. The molecule has 2 heterocycles. The maximum Gasteiger partial charge on any atom is 0.217 e. The normalized spacial score (nSPS) is 16.4. The third kappa shape index (κ3) is 5.16. The molecule has 134 valence electrons. The van der Waals surface area contributed by atoms with Crippen LogP contribution < -0.4 is 5.32 Å². The summed E-state index contributed by atoms with van der Waals surface area (Å²) in [5, 5.41) is 11.9. The van der Waals surface area contributed by atoms with E-state index in [9.17, 15) is 4.79 Å². The minimum absolute atomic E-state index is 0.0168. The van der Waals surface area contributed by atoms with Crippen molar-refractivity contribution in [3.8, 4) is 0 Å². The van der Waals surface area contributed by atoms with E-state index in [4.69, 9.17) is 0 Å². The lowest BCUT2D eigenvalue weighted by atomic mass is 10.0. The quantitative estimate of drug-likeness (QED) is 0.812. The number of rotatable bonds is 6. The molecule has 24 heavy (non-hydrogen) atoms. The molecule has 0 aromatic carbocycles. The number of hydrogen-bond donors (Lipinski definition) is 1. The molecular weight excluding hydrogens is 302 g/mol. The molecule has 1 aliphatic heterocycles. The first-order chi connectivity index (χ1) is 11.4. The van der Waals surface area contributed by atoms with Gasteiger partial charge in [0.25, 0.3) is 0 Å². The second-order valence-electron chi connectivity index (χ2n) is 7.34. The number of fused-ring (bicyclic) bond motifs is 1. The van der Waals surface area contributed by atoms with Gasteiger partial charge in [0.2, 0.25) is 5.91 Å². The monoisotopic (exact) mass is 333 g/mol. The fraction of sp³-hybridized carbons (Fsp3) is 0.722. The van der Waals surface area contributed by atoms with E-state index >= 15 is 0 Å². The molecule has 0 fully saturated rings. The molecule has 1 aliphatic rings. The molecule has 6 heteroatoms. The lowest BCUT2D eigenvalue weighted by molar-refractivity contribution is -0.119. The topological polar surface area (TPSA) is 63.1 Å². The van der Waals surface area contributed by atoms with Crippen LogP contribution in [0, 0.1) is 5.92 Å². The summed E-state index contributed by atoms with van der Waals surface area (Å²) in [5.41, 5.74) is 1.35. The second-order valence-corrected chi connectivity index (χ2v) is 7.34. The summed E-state index contributed by atoms with van der Waals surface area (Å²) in [4.78, 5) is 14.0. The molecule has 0 aliphatic carbocycles. The van der Waals surface area contributed by atoms with Crippen molar-refractivity contribution in [1.29, 1.82) is 0 Å². The van der Waals surface area contributed by atoms with E-state index in [0.717, 1.165) is 50.7 Å². The minimum atomic E-state index is -0.0620. The molecular formula is C18H31N5O. The van der Waals surface area contributed by atoms with E-state index < -0.39 is 0 Å². The van der Waals surface area contributed by atoms with Crippen LogP contribution in [0.3, 0.4) is 0 Å². The van der Waals surface area contributed by atoms with Gasteiger partial charge in [0, 0.05) is 39.5 Å². The van der Waals surface area contributed by atoms with E-state index in [1.54, 1.807) is 6.92 Å². The second kappa shape index (κ2) is 8.42. The lowest BCUT2D eigenvalue weighted by Crippen LogP contribution is -2.31. The molecule has 0 bridgehead atoms. The van der Waals surface area contributed by atoms with Crippen LogP contribution in [0.15, 0.2) is 11.6 Å². The number of aromatic nitrogens is 3. The number of hydrogen-bond acceptors (Lipinski definition) is 4. The number of allylic oxidation sites excluding steroid dienone is 1. The van der Waals surface area contributed by atoms with Crippen LogP contribution in [-0.4, -0.2) is 45.2 Å². The van der Waals surface area contributed by atoms with Crippen LogP contribution in [0.25, 0.3) is 0 Å². The van der Waals surface area contributed by atoms with Gasteiger partial charge in [0.1, 0.15) is 5.82 Å². The fourth-order valence-electron chi connectivity index (χ4n) is 3.09. The summed E-state index contributed by atoms with van der Waals surface area (Å²) in [6.45, 7) is 14.0. The summed E-state index contributed by atoms with van der Waals surface area (Å²) < 4.78 is 2.21. The first-order valence-electron chi connectivity index (χ1n) is 8.91. The molecule has 1 aromatic rings. The van der Waals surface area contributed by atoms with Gasteiger partial charge in [-0.3, -0.25) is 9.69 Å². The molecule has 2 rings (SSSR count). The summed E-state index contributed by atoms with van der Waals surface area (Å²) in [6, 6.07) is -0.0620. The highest BCUT2D eigenvalue weighted by molar-refractivity contribution is 5.73. The van der Waals surface area contributed by atoms with Crippen molar-refractivity contribution in [2.24, 2.45) is 5.92 Å². The third-order valence-corrected chi connectivity index (χ3v) is 4.30. The standard InChI is InChI=1S/C18H31N5O/c1-13(2)6-8-22-9-7-17-20-21-18(23(17)11-10-22)16(12-14(3)4)19-15(5)24/h6,14,16H,7-12H2,1-5H3,(H,19,24). The maximum absolute atomic E-state index is 11.6. The largest absolute Gasteiger partial charge is 0.346 e. The van der Waals surface area contributed by atoms with Crippen LogP contribution in [0.2, 0.25) is 0 Å². The maximum atomic E-state index is 11.6. The van der Waals surface area contributed by atoms with Crippen LogP contribution in [0.4, 0.5) is 0 Å². The molecule has 1 unspecified atom stereocenters. The molecule has 0 saturated heterocycles. The zero-order chi connectivity index (χ0) is 17.7. The average molecular weight is 333 g/mol. The van der Waals surface area contributed by atoms with Crippen LogP contribution >= 0.6 is 0 Å². The highest BCUT2D eigenvalue weighted by Gasteiger charge is 2.25. The summed E-state index contributed by atoms with van der Waals surface area (Å²) in [5.74, 6) is 2.40. The zero-order valence-corrected chi connectivity index (χ0v) is 15.7. The molecule has 1 amide bonds. The fourth-order valence-corrected chi connectivity index (χ4v) is 3.09. The minimum Gasteiger partial charge on any atom is -0.346 e. The number of nitrogens with zero attached hydrogens (tertiary/aromatic N) is 4. The predicted molar refractivity (Wildman–Crippen MR) is 95.6 cm³/mol. The van der Waals surface area contributed by atoms with Crippen molar-refractivity contribution in [2.75, 3.05) is 19.6 Å². The van der Waals surface area contributed by atoms with E-state index in [2.05, 4.69) is 58.8 Å². The number of amides is 1. The van der Waals surface area contributed by atoms with E-state index in [1.165, 1.54) is 5.57 Å². The van der Waals surface area contributed by atoms with Gasteiger partial charge in [0.15, 0.2) is 5.82 Å². The Morgan fingerprint density at radius 2 is 1.96 bits per heavy atom. The highest BCUT2D eigenvalue weighted by Crippen LogP contribution is 2.22. The summed E-state index contributed by atoms with van der Waals surface area (Å²) >= 11 is 0. The first kappa shape index (κ1) is 18.6. The van der Waals surface area contributed by atoms with Crippen molar-refractivity contribution in [3.63, 3.8) is 0 Å². The van der Waals surface area contributed by atoms with Gasteiger partial charge in [0.05, 0.1) is 6.04 Å². The van der Waals surface area contributed by atoms with Gasteiger partial charge in [-0.2, -0.15) is 0 Å². The van der Waals surface area contributed by atoms with Crippen molar-refractivity contribution < 1.29 is 4.79 Å². The molecule has 1 aromatic heterocycles. The zero-order valence-electron chi connectivity index (χ0n) is 15.7. The van der Waals surface area contributed by atoms with Crippen LogP contribution in [0.1, 0.15) is 58.7 Å². The smallest absolute Gasteiger partial charge is 0.217 e. The Morgan fingerprint density at radius 3 is 2.58 bits per heavy atom. The Hall–Kier alpha value is -1.69. The average Bonchev–Trinajstić information content (AvgIpc) is 2.77. The third-order valence-electron chi connectivity index (χ3n) is 4.30. The Bertz CT molecular complexity index is 586. The van der Waals surface area contributed by atoms with E-state index in [-0.39, 0.29) is 11.9 Å². The molecule has 1 N–H and O–H groups in total. The Kier molecular flexibility index (Phi) is 6.54. The van der Waals surface area contributed by atoms with E-state index in [0.29, 0.717) is 5.92 Å². The van der Waals surface area contributed by atoms with Gasteiger partial charge in [-0.15, -0.1) is 10.2 Å². The Balaban J connectivity index is 2.14. The Labute approximate surface area is 145 Å². The SMILES string of the molecule is CC(=O)NC(CC(C)C)c1nnc2n1CCN(CC=C(C)C)CC2. The van der Waals surface area contributed by atoms with Crippen molar-refractivity contribution >= 4 is 5.91 Å². The van der Waals surface area contributed by atoms with Crippen molar-refractivity contribution in [3.05, 3.63) is 23.3 Å². The van der Waals surface area contributed by atoms with Gasteiger partial charge < -0.3 is 9.88 Å². The number of carbonyl (C=O) groups excluding carboxylic acids is 1.